The minimum atomic E-state index is -0.271. The van der Waals surface area contributed by atoms with Crippen molar-refractivity contribution in [3.63, 3.8) is 0 Å². The first-order valence-corrected chi connectivity index (χ1v) is 4.80. The van der Waals surface area contributed by atoms with Gasteiger partial charge in [0.1, 0.15) is 6.42 Å². The quantitative estimate of drug-likeness (QED) is 0.869. The minimum absolute atomic E-state index is 0.102. The van der Waals surface area contributed by atoms with Gasteiger partial charge in [-0.15, -0.1) is 11.3 Å². The number of amides is 1. The molecule has 62 valence electrons. The zero-order valence-corrected chi connectivity index (χ0v) is 8.41. The fourth-order valence-corrected chi connectivity index (χ4v) is 1.97. The molecule has 0 aliphatic rings. The first-order valence-electron chi connectivity index (χ1n) is 3.13. The van der Waals surface area contributed by atoms with Crippen LogP contribution in [0.3, 0.4) is 0 Å². The first-order chi connectivity index (χ1) is 5.72. The summed E-state index contributed by atoms with van der Waals surface area (Å²) in [6.07, 6.45) is -0.102. The van der Waals surface area contributed by atoms with E-state index in [1.807, 2.05) is 5.38 Å². The summed E-state index contributed by atoms with van der Waals surface area (Å²) in [5.74, 6) is -0.271. The van der Waals surface area contributed by atoms with E-state index in [0.717, 1.165) is 9.47 Å². The van der Waals surface area contributed by atoms with Crippen LogP contribution in [-0.4, -0.2) is 5.91 Å². The molecule has 12 heavy (non-hydrogen) atoms. The lowest BCUT2D eigenvalue weighted by Gasteiger charge is -1.95. The van der Waals surface area contributed by atoms with Crippen molar-refractivity contribution in [3.8, 4) is 6.07 Å². The van der Waals surface area contributed by atoms with E-state index in [1.165, 1.54) is 11.3 Å². The van der Waals surface area contributed by atoms with Gasteiger partial charge in [0.25, 0.3) is 0 Å². The molecule has 0 bridgehead atoms. The van der Waals surface area contributed by atoms with Crippen LogP contribution in [0.4, 0.5) is 5.00 Å². The smallest absolute Gasteiger partial charge is 0.239 e. The predicted octanol–water partition coefficient (Wildman–Crippen LogP) is 2.36. The Morgan fingerprint density at radius 3 is 3.08 bits per heavy atom. The molecular formula is C7H5BrN2OS. The molecule has 0 atom stereocenters. The Morgan fingerprint density at radius 1 is 1.83 bits per heavy atom. The number of carbonyl (C=O) groups is 1. The number of thiophene rings is 1. The van der Waals surface area contributed by atoms with Crippen LogP contribution in [0.2, 0.25) is 0 Å². The van der Waals surface area contributed by atoms with Gasteiger partial charge in [-0.3, -0.25) is 4.79 Å². The first kappa shape index (κ1) is 9.23. The average Bonchev–Trinajstić information content (AvgIpc) is 2.36. The summed E-state index contributed by atoms with van der Waals surface area (Å²) in [5, 5.41) is 13.4. The Bertz CT molecular complexity index is 328. The zero-order chi connectivity index (χ0) is 8.97. The number of halogens is 1. The van der Waals surface area contributed by atoms with Gasteiger partial charge in [-0.05, 0) is 22.0 Å². The van der Waals surface area contributed by atoms with Crippen LogP contribution in [0, 0.1) is 11.3 Å². The molecule has 0 saturated heterocycles. The predicted molar refractivity (Wildman–Crippen MR) is 50.9 cm³/mol. The number of hydrogen-bond donors (Lipinski definition) is 1. The Balaban J connectivity index is 2.53. The molecule has 1 amide bonds. The highest BCUT2D eigenvalue weighted by Crippen LogP contribution is 2.24. The van der Waals surface area contributed by atoms with Crippen molar-refractivity contribution in [2.45, 2.75) is 6.42 Å². The number of rotatable bonds is 2. The molecule has 0 fully saturated rings. The van der Waals surface area contributed by atoms with Gasteiger partial charge in [0.05, 0.1) is 11.1 Å². The largest absolute Gasteiger partial charge is 0.317 e. The van der Waals surface area contributed by atoms with Crippen LogP contribution in [0.15, 0.2) is 15.9 Å². The highest BCUT2D eigenvalue weighted by Gasteiger charge is 2.02. The molecule has 0 spiro atoms. The van der Waals surface area contributed by atoms with E-state index in [-0.39, 0.29) is 12.3 Å². The summed E-state index contributed by atoms with van der Waals surface area (Å²) in [7, 11) is 0. The maximum atomic E-state index is 10.9. The average molecular weight is 245 g/mol. The Labute approximate surface area is 82.1 Å². The maximum Gasteiger partial charge on any atom is 0.239 e. The summed E-state index contributed by atoms with van der Waals surface area (Å²) >= 11 is 4.67. The molecule has 0 saturated carbocycles. The van der Waals surface area contributed by atoms with Crippen molar-refractivity contribution >= 4 is 38.2 Å². The van der Waals surface area contributed by atoms with Gasteiger partial charge < -0.3 is 5.32 Å². The monoisotopic (exact) mass is 244 g/mol. The molecule has 5 heteroatoms. The fraction of sp³-hybridized carbons (Fsp3) is 0.143. The zero-order valence-electron chi connectivity index (χ0n) is 6.00. The Hall–Kier alpha value is -0.860. The molecule has 3 nitrogen and oxygen atoms in total. The van der Waals surface area contributed by atoms with Gasteiger partial charge in [-0.25, -0.2) is 0 Å². The SMILES string of the molecule is N#CCC(=O)Nc1cc(Br)cs1. The molecule has 1 N–H and O–H groups in total. The van der Waals surface area contributed by atoms with E-state index in [4.69, 9.17) is 5.26 Å². The topological polar surface area (TPSA) is 52.9 Å². The van der Waals surface area contributed by atoms with Gasteiger partial charge in [-0.1, -0.05) is 0 Å². The summed E-state index contributed by atoms with van der Waals surface area (Å²) in [5.41, 5.74) is 0. The molecular weight excluding hydrogens is 240 g/mol. The highest BCUT2D eigenvalue weighted by molar-refractivity contribution is 9.10. The standard InChI is InChI=1S/C7H5BrN2OS/c8-5-3-7(12-4-5)10-6(11)1-2-9/h3-4H,1H2,(H,10,11). The molecule has 1 rings (SSSR count). The van der Waals surface area contributed by atoms with Crippen LogP contribution >= 0.6 is 27.3 Å². The second kappa shape index (κ2) is 4.24. The molecule has 0 aliphatic carbocycles. The van der Waals surface area contributed by atoms with E-state index < -0.39 is 0 Å². The van der Waals surface area contributed by atoms with E-state index >= 15 is 0 Å². The minimum Gasteiger partial charge on any atom is -0.317 e. The van der Waals surface area contributed by atoms with Crippen molar-refractivity contribution in [2.75, 3.05) is 5.32 Å². The third-order valence-electron chi connectivity index (χ3n) is 1.07. The second-order valence-electron chi connectivity index (χ2n) is 2.01. The van der Waals surface area contributed by atoms with Gasteiger partial charge >= 0.3 is 0 Å². The van der Waals surface area contributed by atoms with Crippen molar-refractivity contribution in [1.29, 1.82) is 5.26 Å². The number of hydrogen-bond acceptors (Lipinski definition) is 3. The number of nitrogens with one attached hydrogen (secondary N) is 1. The second-order valence-corrected chi connectivity index (χ2v) is 3.84. The highest BCUT2D eigenvalue weighted by atomic mass is 79.9. The maximum absolute atomic E-state index is 10.9. The van der Waals surface area contributed by atoms with Crippen molar-refractivity contribution in [2.24, 2.45) is 0 Å². The van der Waals surface area contributed by atoms with Gasteiger partial charge in [-0.2, -0.15) is 5.26 Å². The molecule has 0 radical (unpaired) electrons. The fourth-order valence-electron chi connectivity index (χ4n) is 0.632. The van der Waals surface area contributed by atoms with Crippen LogP contribution < -0.4 is 5.32 Å². The molecule has 1 aromatic rings. The molecule has 0 aliphatic heterocycles. The molecule has 1 aromatic heterocycles. The Morgan fingerprint density at radius 2 is 2.58 bits per heavy atom. The van der Waals surface area contributed by atoms with Gasteiger partial charge in [0.15, 0.2) is 0 Å². The summed E-state index contributed by atoms with van der Waals surface area (Å²) in [6.45, 7) is 0. The van der Waals surface area contributed by atoms with Gasteiger partial charge in [0, 0.05) is 9.85 Å². The lowest BCUT2D eigenvalue weighted by atomic mass is 10.4. The number of nitriles is 1. The normalized spacial score (nSPS) is 9.00. The van der Waals surface area contributed by atoms with E-state index in [0.29, 0.717) is 0 Å². The van der Waals surface area contributed by atoms with Crippen molar-refractivity contribution in [1.82, 2.24) is 0 Å². The molecule has 0 aromatic carbocycles. The summed E-state index contributed by atoms with van der Waals surface area (Å²) in [4.78, 5) is 10.9. The number of nitrogens with zero attached hydrogens (tertiary/aromatic N) is 1. The lowest BCUT2D eigenvalue weighted by molar-refractivity contribution is -0.115. The van der Waals surface area contributed by atoms with Crippen LogP contribution in [0.5, 0.6) is 0 Å². The lowest BCUT2D eigenvalue weighted by Crippen LogP contribution is -2.08. The van der Waals surface area contributed by atoms with Crippen molar-refractivity contribution in [3.05, 3.63) is 15.9 Å². The van der Waals surface area contributed by atoms with Gasteiger partial charge in [0.2, 0.25) is 5.91 Å². The number of anilines is 1. The van der Waals surface area contributed by atoms with Crippen LogP contribution in [0.25, 0.3) is 0 Å². The molecule has 0 unspecified atom stereocenters. The van der Waals surface area contributed by atoms with E-state index in [1.54, 1.807) is 12.1 Å². The molecule has 1 heterocycles. The summed E-state index contributed by atoms with van der Waals surface area (Å²) in [6, 6.07) is 3.57. The van der Waals surface area contributed by atoms with Crippen LogP contribution in [0.1, 0.15) is 6.42 Å². The van der Waals surface area contributed by atoms with E-state index in [2.05, 4.69) is 21.2 Å². The third kappa shape index (κ3) is 2.64. The number of carbonyl (C=O) groups excluding carboxylic acids is 1. The van der Waals surface area contributed by atoms with Crippen LogP contribution in [-0.2, 0) is 4.79 Å². The van der Waals surface area contributed by atoms with Crippen molar-refractivity contribution < 1.29 is 4.79 Å². The summed E-state index contributed by atoms with van der Waals surface area (Å²) < 4.78 is 0.930. The Kier molecular flexibility index (Phi) is 3.26. The van der Waals surface area contributed by atoms with E-state index in [9.17, 15) is 4.79 Å². The third-order valence-corrected chi connectivity index (χ3v) is 2.68.